The van der Waals surface area contributed by atoms with Crippen molar-refractivity contribution >= 4 is 5.97 Å². The van der Waals surface area contributed by atoms with Gasteiger partial charge < -0.3 is 10.8 Å². The molecule has 0 atom stereocenters. The lowest BCUT2D eigenvalue weighted by atomic mass is 9.74. The Kier molecular flexibility index (Phi) is 1.23. The van der Waals surface area contributed by atoms with E-state index in [0.717, 1.165) is 0 Å². The molecule has 1 aliphatic rings. The molecule has 0 radical (unpaired) electrons. The largest absolute Gasteiger partial charge is 0.480 e. The minimum absolute atomic E-state index is 0.741. The molecule has 58 valence electrons. The molecule has 0 heterocycles. The number of hydrogen-bond acceptors (Lipinski definition) is 2. The smallest absolute Gasteiger partial charge is 0.324 e. The summed E-state index contributed by atoms with van der Waals surface area (Å²) in [5.41, 5.74) is 3.36. The summed E-state index contributed by atoms with van der Waals surface area (Å²) in [5, 5.41) is 8.27. The minimum atomic E-state index is -2.87. The molecule has 0 aromatic heterocycles. The van der Waals surface area contributed by atoms with Crippen LogP contribution in [0.15, 0.2) is 0 Å². The van der Waals surface area contributed by atoms with Crippen molar-refractivity contribution in [1.29, 1.82) is 0 Å². The first kappa shape index (κ1) is 7.40. The van der Waals surface area contributed by atoms with Crippen LogP contribution in [0, 0.1) is 0 Å². The van der Waals surface area contributed by atoms with Gasteiger partial charge in [-0.3, -0.25) is 4.79 Å². The number of carboxylic acids is 1. The summed E-state index contributed by atoms with van der Waals surface area (Å²) in [5.74, 6) is -4.22. The molecule has 3 N–H and O–H groups in total. The molecular formula is C5H7F2NO2. The summed E-state index contributed by atoms with van der Waals surface area (Å²) in [6.07, 6.45) is -1.48. The highest BCUT2D eigenvalue weighted by molar-refractivity contribution is 5.80. The molecule has 0 aromatic rings. The number of rotatable bonds is 1. The van der Waals surface area contributed by atoms with Gasteiger partial charge in [0.15, 0.2) is 0 Å². The van der Waals surface area contributed by atoms with Crippen LogP contribution in [-0.4, -0.2) is 22.5 Å². The lowest BCUT2D eigenvalue weighted by Crippen LogP contribution is -2.63. The van der Waals surface area contributed by atoms with E-state index in [0.29, 0.717) is 0 Å². The lowest BCUT2D eigenvalue weighted by Gasteiger charge is -2.40. The molecule has 0 amide bonds. The van der Waals surface area contributed by atoms with Gasteiger partial charge in [-0.15, -0.1) is 0 Å². The zero-order valence-electron chi connectivity index (χ0n) is 5.10. The van der Waals surface area contributed by atoms with E-state index in [1.54, 1.807) is 0 Å². The van der Waals surface area contributed by atoms with E-state index in [-0.39, 0.29) is 0 Å². The number of halogens is 2. The molecule has 5 heteroatoms. The molecule has 0 saturated heterocycles. The molecule has 1 aliphatic carbocycles. The van der Waals surface area contributed by atoms with Gasteiger partial charge in [0, 0.05) is 12.8 Å². The van der Waals surface area contributed by atoms with Gasteiger partial charge in [-0.2, -0.15) is 0 Å². The summed E-state index contributed by atoms with van der Waals surface area (Å²) in [4.78, 5) is 10.1. The number of aliphatic carboxylic acids is 1. The van der Waals surface area contributed by atoms with E-state index in [2.05, 4.69) is 0 Å². The summed E-state index contributed by atoms with van der Waals surface area (Å²) in [7, 11) is 0. The number of carboxylic acid groups (broad SMARTS) is 1. The first-order valence-corrected chi connectivity index (χ1v) is 2.76. The maximum Gasteiger partial charge on any atom is 0.324 e. The summed E-state index contributed by atoms with van der Waals surface area (Å²) >= 11 is 0. The fraction of sp³-hybridized carbons (Fsp3) is 0.800. The van der Waals surface area contributed by atoms with Gasteiger partial charge in [0.1, 0.15) is 5.54 Å². The molecule has 10 heavy (non-hydrogen) atoms. The van der Waals surface area contributed by atoms with Crippen molar-refractivity contribution in [2.45, 2.75) is 24.3 Å². The number of alkyl halides is 2. The van der Waals surface area contributed by atoms with E-state index < -0.39 is 30.3 Å². The lowest BCUT2D eigenvalue weighted by molar-refractivity contribution is -0.171. The molecular weight excluding hydrogens is 144 g/mol. The van der Waals surface area contributed by atoms with Gasteiger partial charge in [-0.25, -0.2) is 8.78 Å². The van der Waals surface area contributed by atoms with Crippen LogP contribution in [0.2, 0.25) is 0 Å². The predicted octanol–water partition coefficient (Wildman–Crippen LogP) is 0.198. The van der Waals surface area contributed by atoms with E-state index in [9.17, 15) is 13.6 Å². The number of hydrogen-bond donors (Lipinski definition) is 2. The fourth-order valence-corrected chi connectivity index (χ4v) is 1.02. The second kappa shape index (κ2) is 1.66. The highest BCUT2D eigenvalue weighted by Crippen LogP contribution is 2.43. The average Bonchev–Trinajstić information content (AvgIpc) is 1.59. The maximum atomic E-state index is 12.1. The van der Waals surface area contributed by atoms with Crippen LogP contribution in [0.1, 0.15) is 12.8 Å². The Morgan fingerprint density at radius 3 is 2.00 bits per heavy atom. The molecule has 0 bridgehead atoms. The standard InChI is InChI=1S/C5H7F2NO2/c6-5(7)1-4(8,2-5)3(9)10/h1-2,8H2,(H,9,10). The molecule has 0 aromatic carbocycles. The Labute approximate surface area is 55.8 Å². The van der Waals surface area contributed by atoms with Crippen LogP contribution in [0.25, 0.3) is 0 Å². The fourth-order valence-electron chi connectivity index (χ4n) is 1.02. The molecule has 1 rings (SSSR count). The van der Waals surface area contributed by atoms with Crippen molar-refractivity contribution < 1.29 is 18.7 Å². The molecule has 1 saturated carbocycles. The Morgan fingerprint density at radius 2 is 1.90 bits per heavy atom. The minimum Gasteiger partial charge on any atom is -0.480 e. The maximum absolute atomic E-state index is 12.1. The SMILES string of the molecule is NC1(C(=O)O)CC(F)(F)C1. The van der Waals surface area contributed by atoms with Crippen molar-refractivity contribution in [1.82, 2.24) is 0 Å². The number of carbonyl (C=O) groups is 1. The average molecular weight is 151 g/mol. The monoisotopic (exact) mass is 151 g/mol. The third kappa shape index (κ3) is 0.965. The second-order valence-corrected chi connectivity index (χ2v) is 2.67. The molecule has 1 fully saturated rings. The van der Waals surface area contributed by atoms with Crippen molar-refractivity contribution in [2.75, 3.05) is 0 Å². The van der Waals surface area contributed by atoms with Crippen molar-refractivity contribution in [3.8, 4) is 0 Å². The van der Waals surface area contributed by atoms with Gasteiger partial charge in [0.2, 0.25) is 0 Å². The van der Waals surface area contributed by atoms with E-state index in [1.807, 2.05) is 0 Å². The third-order valence-corrected chi connectivity index (χ3v) is 1.57. The van der Waals surface area contributed by atoms with Crippen molar-refractivity contribution in [3.05, 3.63) is 0 Å². The van der Waals surface area contributed by atoms with Crippen LogP contribution in [0.4, 0.5) is 8.78 Å². The molecule has 3 nitrogen and oxygen atoms in total. The van der Waals surface area contributed by atoms with Crippen LogP contribution in [0.5, 0.6) is 0 Å². The first-order valence-electron chi connectivity index (χ1n) is 2.76. The predicted molar refractivity (Wildman–Crippen MR) is 28.7 cm³/mol. The van der Waals surface area contributed by atoms with Gasteiger partial charge in [-0.05, 0) is 0 Å². The molecule has 0 aliphatic heterocycles. The van der Waals surface area contributed by atoms with E-state index in [1.165, 1.54) is 0 Å². The zero-order chi connectivity index (χ0) is 7.99. The first-order chi connectivity index (χ1) is 4.36. The van der Waals surface area contributed by atoms with Crippen LogP contribution in [-0.2, 0) is 4.79 Å². The normalized spacial score (nSPS) is 27.1. The van der Waals surface area contributed by atoms with E-state index >= 15 is 0 Å². The topological polar surface area (TPSA) is 63.3 Å². The Bertz CT molecular complexity index is 172. The second-order valence-electron chi connectivity index (χ2n) is 2.67. The summed E-state index contributed by atoms with van der Waals surface area (Å²) < 4.78 is 24.1. The molecule has 0 unspecified atom stereocenters. The van der Waals surface area contributed by atoms with Crippen LogP contribution < -0.4 is 5.73 Å². The number of nitrogens with two attached hydrogens (primary N) is 1. The Balaban J connectivity index is 2.58. The quantitative estimate of drug-likeness (QED) is 0.562. The van der Waals surface area contributed by atoms with Crippen LogP contribution in [0.3, 0.4) is 0 Å². The Hall–Kier alpha value is -0.710. The van der Waals surface area contributed by atoms with Gasteiger partial charge in [0.25, 0.3) is 5.92 Å². The summed E-state index contributed by atoms with van der Waals surface area (Å²) in [6.45, 7) is 0. The van der Waals surface area contributed by atoms with Crippen molar-refractivity contribution in [3.63, 3.8) is 0 Å². The van der Waals surface area contributed by atoms with Crippen LogP contribution >= 0.6 is 0 Å². The summed E-state index contributed by atoms with van der Waals surface area (Å²) in [6, 6.07) is 0. The molecule has 0 spiro atoms. The highest BCUT2D eigenvalue weighted by atomic mass is 19.3. The highest BCUT2D eigenvalue weighted by Gasteiger charge is 2.59. The Morgan fingerprint density at radius 1 is 1.50 bits per heavy atom. The zero-order valence-corrected chi connectivity index (χ0v) is 5.10. The third-order valence-electron chi connectivity index (χ3n) is 1.57. The van der Waals surface area contributed by atoms with Gasteiger partial charge >= 0.3 is 5.97 Å². The van der Waals surface area contributed by atoms with E-state index in [4.69, 9.17) is 10.8 Å². The van der Waals surface area contributed by atoms with Crippen molar-refractivity contribution in [2.24, 2.45) is 5.73 Å². The van der Waals surface area contributed by atoms with Gasteiger partial charge in [-0.1, -0.05) is 0 Å². The van der Waals surface area contributed by atoms with Gasteiger partial charge in [0.05, 0.1) is 0 Å².